The third-order valence-corrected chi connectivity index (χ3v) is 5.30. The van der Waals surface area contributed by atoms with Crippen LogP contribution in [0.15, 0.2) is 30.3 Å². The van der Waals surface area contributed by atoms with Gasteiger partial charge in [-0.1, -0.05) is 17.7 Å². The Kier molecular flexibility index (Phi) is 3.42. The Balaban J connectivity index is 1.79. The number of hydrogen-bond acceptors (Lipinski definition) is 3. The van der Waals surface area contributed by atoms with E-state index in [9.17, 15) is 18.0 Å². The second-order valence-electron chi connectivity index (χ2n) is 6.47. The van der Waals surface area contributed by atoms with E-state index in [-0.39, 0.29) is 22.2 Å². The SMILES string of the molecule is O=C1N[C@@H]2C[C@H](c3c(OC(F)F)cccc31)n1c2nc2cc(F)c(Cl)cc21. The van der Waals surface area contributed by atoms with Crippen LogP contribution in [0.2, 0.25) is 5.02 Å². The number of hydrogen-bond donors (Lipinski definition) is 1. The first-order valence-corrected chi connectivity index (χ1v) is 8.57. The fourth-order valence-corrected chi connectivity index (χ4v) is 4.17. The second-order valence-corrected chi connectivity index (χ2v) is 6.88. The zero-order valence-corrected chi connectivity index (χ0v) is 14.3. The van der Waals surface area contributed by atoms with Gasteiger partial charge in [0.1, 0.15) is 17.4 Å². The molecule has 0 radical (unpaired) electrons. The summed E-state index contributed by atoms with van der Waals surface area (Å²) in [6, 6.07) is 6.24. The molecule has 9 heteroatoms. The van der Waals surface area contributed by atoms with Gasteiger partial charge in [0.2, 0.25) is 0 Å². The van der Waals surface area contributed by atoms with Crippen LogP contribution in [0.1, 0.15) is 40.3 Å². The average Bonchev–Trinajstić information content (AvgIpc) is 3.07. The van der Waals surface area contributed by atoms with Gasteiger partial charge >= 0.3 is 6.61 Å². The van der Waals surface area contributed by atoms with Crippen LogP contribution in [0.5, 0.6) is 5.75 Å². The number of nitrogens with zero attached hydrogens (tertiary/aromatic N) is 2. The first-order chi connectivity index (χ1) is 12.9. The molecular weight excluding hydrogens is 383 g/mol. The summed E-state index contributed by atoms with van der Waals surface area (Å²) in [6.45, 7) is -3.03. The largest absolute Gasteiger partial charge is 0.434 e. The van der Waals surface area contributed by atoms with Gasteiger partial charge in [-0.3, -0.25) is 4.79 Å². The van der Waals surface area contributed by atoms with E-state index in [2.05, 4.69) is 15.0 Å². The maximum absolute atomic E-state index is 13.8. The Hall–Kier alpha value is -2.74. The van der Waals surface area contributed by atoms with Crippen LogP contribution in [0.4, 0.5) is 13.2 Å². The van der Waals surface area contributed by atoms with Gasteiger partial charge in [-0.2, -0.15) is 8.78 Å². The van der Waals surface area contributed by atoms with Crippen LogP contribution < -0.4 is 10.1 Å². The van der Waals surface area contributed by atoms with Gasteiger partial charge in [0.15, 0.2) is 0 Å². The summed E-state index contributed by atoms with van der Waals surface area (Å²) >= 11 is 5.94. The molecule has 0 fully saturated rings. The lowest BCUT2D eigenvalue weighted by Crippen LogP contribution is -2.28. The highest BCUT2D eigenvalue weighted by atomic mass is 35.5. The van der Waals surface area contributed by atoms with Crippen LogP contribution in [0.3, 0.4) is 0 Å². The summed E-state index contributed by atoms with van der Waals surface area (Å²) in [4.78, 5) is 17.0. The number of imidazole rings is 1. The van der Waals surface area contributed by atoms with Crippen molar-refractivity contribution in [2.75, 3.05) is 0 Å². The van der Waals surface area contributed by atoms with Crippen LogP contribution in [-0.4, -0.2) is 22.1 Å². The molecule has 5 nitrogen and oxygen atoms in total. The number of carbonyl (C=O) groups is 1. The fraction of sp³-hybridized carbons (Fsp3) is 0.222. The molecule has 3 heterocycles. The summed E-state index contributed by atoms with van der Waals surface area (Å²) in [5.74, 6) is -0.525. The molecule has 27 heavy (non-hydrogen) atoms. The number of halogens is 4. The third kappa shape index (κ3) is 2.32. The Morgan fingerprint density at radius 2 is 2.15 bits per heavy atom. The van der Waals surface area contributed by atoms with E-state index in [1.54, 1.807) is 6.07 Å². The van der Waals surface area contributed by atoms with Crippen molar-refractivity contribution >= 4 is 28.5 Å². The highest BCUT2D eigenvalue weighted by Crippen LogP contribution is 2.47. The van der Waals surface area contributed by atoms with Crippen molar-refractivity contribution in [1.82, 2.24) is 14.9 Å². The van der Waals surface area contributed by atoms with Crippen molar-refractivity contribution in [2.24, 2.45) is 0 Å². The molecule has 0 aliphatic carbocycles. The highest BCUT2D eigenvalue weighted by Gasteiger charge is 2.42. The zero-order valence-electron chi connectivity index (χ0n) is 13.5. The number of rotatable bonds is 2. The smallest absolute Gasteiger partial charge is 0.387 e. The van der Waals surface area contributed by atoms with Gasteiger partial charge in [-0.05, 0) is 24.6 Å². The molecule has 0 saturated heterocycles. The second kappa shape index (κ2) is 5.63. The molecule has 5 rings (SSSR count). The average molecular weight is 394 g/mol. The van der Waals surface area contributed by atoms with Crippen molar-refractivity contribution in [2.45, 2.75) is 25.1 Å². The Morgan fingerprint density at radius 1 is 1.33 bits per heavy atom. The Labute approximate surface area is 155 Å². The summed E-state index contributed by atoms with van der Waals surface area (Å²) in [5, 5.41) is 2.80. The summed E-state index contributed by atoms with van der Waals surface area (Å²) in [6.07, 6.45) is 0.426. The molecule has 0 unspecified atom stereocenters. The Bertz CT molecular complexity index is 1110. The van der Waals surface area contributed by atoms with Crippen LogP contribution in [-0.2, 0) is 0 Å². The summed E-state index contributed by atoms with van der Waals surface area (Å²) in [5.41, 5.74) is 1.57. The molecule has 2 aliphatic rings. The van der Waals surface area contributed by atoms with E-state index in [4.69, 9.17) is 11.6 Å². The van der Waals surface area contributed by atoms with Crippen molar-refractivity contribution in [3.63, 3.8) is 0 Å². The minimum atomic E-state index is -3.03. The van der Waals surface area contributed by atoms with E-state index in [0.29, 0.717) is 28.8 Å². The van der Waals surface area contributed by atoms with Crippen molar-refractivity contribution in [1.29, 1.82) is 0 Å². The van der Waals surface area contributed by atoms with Gasteiger partial charge in [0, 0.05) is 17.2 Å². The molecule has 1 N–H and O–H groups in total. The molecule has 0 spiro atoms. The van der Waals surface area contributed by atoms with E-state index in [0.717, 1.165) is 0 Å². The van der Waals surface area contributed by atoms with Gasteiger partial charge in [-0.25, -0.2) is 9.37 Å². The number of carbonyl (C=O) groups excluding carboxylic acids is 1. The lowest BCUT2D eigenvalue weighted by atomic mass is 9.97. The van der Waals surface area contributed by atoms with E-state index >= 15 is 0 Å². The van der Waals surface area contributed by atoms with Gasteiger partial charge in [0.25, 0.3) is 5.91 Å². The topological polar surface area (TPSA) is 56.1 Å². The van der Waals surface area contributed by atoms with Crippen molar-refractivity contribution in [3.05, 3.63) is 58.1 Å². The predicted molar refractivity (Wildman–Crippen MR) is 90.7 cm³/mol. The van der Waals surface area contributed by atoms with Crippen molar-refractivity contribution < 1.29 is 22.7 Å². The molecule has 2 atom stereocenters. The maximum Gasteiger partial charge on any atom is 0.387 e. The molecule has 138 valence electrons. The first-order valence-electron chi connectivity index (χ1n) is 8.19. The molecular formula is C18H11ClF3N3O2. The van der Waals surface area contributed by atoms with E-state index in [1.165, 1.54) is 24.3 Å². The number of fused-ring (bicyclic) bond motifs is 9. The number of nitrogens with one attached hydrogen (secondary N) is 1. The summed E-state index contributed by atoms with van der Waals surface area (Å²) in [7, 11) is 0. The van der Waals surface area contributed by atoms with Crippen LogP contribution in [0, 0.1) is 5.82 Å². The minimum Gasteiger partial charge on any atom is -0.434 e. The highest BCUT2D eigenvalue weighted by molar-refractivity contribution is 6.31. The quantitative estimate of drug-likeness (QED) is 0.709. The van der Waals surface area contributed by atoms with Gasteiger partial charge in [-0.15, -0.1) is 0 Å². The van der Waals surface area contributed by atoms with Crippen LogP contribution >= 0.6 is 11.6 Å². The lowest BCUT2D eigenvalue weighted by molar-refractivity contribution is -0.0507. The first kappa shape index (κ1) is 16.4. The zero-order chi connectivity index (χ0) is 18.9. The van der Waals surface area contributed by atoms with Gasteiger partial charge < -0.3 is 14.6 Å². The number of amides is 1. The molecule has 1 amide bonds. The summed E-state index contributed by atoms with van der Waals surface area (Å²) < 4.78 is 46.2. The fourth-order valence-electron chi connectivity index (χ4n) is 4.01. The maximum atomic E-state index is 13.8. The monoisotopic (exact) mass is 393 g/mol. The molecule has 2 bridgehead atoms. The number of aromatic nitrogens is 2. The minimum absolute atomic E-state index is 0.0637. The van der Waals surface area contributed by atoms with Crippen molar-refractivity contribution in [3.8, 4) is 5.75 Å². The number of alkyl halides is 2. The normalized spacial score (nSPS) is 20.4. The molecule has 2 aromatic carbocycles. The molecule has 1 aromatic heterocycles. The third-order valence-electron chi connectivity index (χ3n) is 5.01. The number of benzene rings is 2. The predicted octanol–water partition coefficient (Wildman–Crippen LogP) is 4.21. The van der Waals surface area contributed by atoms with E-state index < -0.39 is 24.5 Å². The van der Waals surface area contributed by atoms with E-state index in [1.807, 2.05) is 4.57 Å². The molecule has 3 aromatic rings. The van der Waals surface area contributed by atoms with Gasteiger partial charge in [0.05, 0.1) is 28.1 Å². The lowest BCUT2D eigenvalue weighted by Gasteiger charge is -2.21. The molecule has 2 aliphatic heterocycles. The Morgan fingerprint density at radius 3 is 2.93 bits per heavy atom. The molecule has 0 saturated carbocycles. The standard InChI is InChI=1S/C18H11ClF3N3O2/c19-8-4-12-10(5-9(8)20)23-16-11-6-13(25(12)16)15-7(17(26)24-11)2-1-3-14(15)27-18(21)22/h1-5,11,13,18H,6H2,(H,24,26)/t11-,13-/m1/s1. The van der Waals surface area contributed by atoms with Crippen LogP contribution in [0.25, 0.3) is 11.0 Å². The number of ether oxygens (including phenoxy) is 1.